The van der Waals surface area contributed by atoms with Gasteiger partial charge in [0.05, 0.1) is 12.3 Å². The minimum absolute atomic E-state index is 0.0822. The average Bonchev–Trinajstić information content (AvgIpc) is 3.14. The highest BCUT2D eigenvalue weighted by atomic mass is 16.5. The van der Waals surface area contributed by atoms with Crippen molar-refractivity contribution in [1.82, 2.24) is 4.90 Å². The van der Waals surface area contributed by atoms with Gasteiger partial charge in [-0.15, -0.1) is 0 Å². The van der Waals surface area contributed by atoms with Crippen molar-refractivity contribution in [3.63, 3.8) is 0 Å². The van der Waals surface area contributed by atoms with Crippen LogP contribution < -0.4 is 10.1 Å². The maximum atomic E-state index is 12.6. The zero-order valence-corrected chi connectivity index (χ0v) is 14.5. The van der Waals surface area contributed by atoms with Crippen LogP contribution in [0.2, 0.25) is 0 Å². The standard InChI is InChI=1S/C20H24N2O3/c1-24-13-14-25-19-10-6-5-9-18(19)21-20(23)22-12-11-17(15-22)16-7-3-2-4-8-16/h2-10,17H,11-15H2,1H3,(H,21,23). The first-order valence-electron chi connectivity index (χ1n) is 8.59. The highest BCUT2D eigenvalue weighted by Crippen LogP contribution is 2.29. The number of ether oxygens (including phenoxy) is 2. The van der Waals surface area contributed by atoms with Crippen LogP contribution in [0.15, 0.2) is 54.6 Å². The van der Waals surface area contributed by atoms with E-state index >= 15 is 0 Å². The van der Waals surface area contributed by atoms with Crippen LogP contribution in [0.1, 0.15) is 17.9 Å². The molecule has 1 atom stereocenters. The highest BCUT2D eigenvalue weighted by molar-refractivity contribution is 5.91. The number of likely N-dealkylation sites (tertiary alicyclic amines) is 1. The number of nitrogens with zero attached hydrogens (tertiary/aromatic N) is 1. The second-order valence-electron chi connectivity index (χ2n) is 6.11. The first kappa shape index (κ1) is 17.3. The zero-order valence-electron chi connectivity index (χ0n) is 14.5. The summed E-state index contributed by atoms with van der Waals surface area (Å²) in [5.41, 5.74) is 1.98. The summed E-state index contributed by atoms with van der Waals surface area (Å²) >= 11 is 0. The number of carbonyl (C=O) groups excluding carboxylic acids is 1. The van der Waals surface area contributed by atoms with Crippen LogP contribution in [-0.2, 0) is 4.74 Å². The molecule has 1 heterocycles. The van der Waals surface area contributed by atoms with Crippen molar-refractivity contribution in [2.45, 2.75) is 12.3 Å². The monoisotopic (exact) mass is 340 g/mol. The fourth-order valence-electron chi connectivity index (χ4n) is 3.07. The quantitative estimate of drug-likeness (QED) is 0.815. The van der Waals surface area contributed by atoms with Crippen molar-refractivity contribution in [3.05, 3.63) is 60.2 Å². The third kappa shape index (κ3) is 4.51. The number of amides is 2. The highest BCUT2D eigenvalue weighted by Gasteiger charge is 2.27. The summed E-state index contributed by atoms with van der Waals surface area (Å²) < 4.78 is 10.7. The van der Waals surface area contributed by atoms with Crippen molar-refractivity contribution < 1.29 is 14.3 Å². The maximum absolute atomic E-state index is 12.6. The van der Waals surface area contributed by atoms with E-state index < -0.39 is 0 Å². The third-order valence-corrected chi connectivity index (χ3v) is 4.42. The van der Waals surface area contributed by atoms with Crippen LogP contribution in [0.25, 0.3) is 0 Å². The molecule has 2 amide bonds. The third-order valence-electron chi connectivity index (χ3n) is 4.42. The first-order valence-corrected chi connectivity index (χ1v) is 8.59. The molecule has 1 unspecified atom stereocenters. The lowest BCUT2D eigenvalue weighted by atomic mass is 9.99. The Hall–Kier alpha value is -2.53. The molecule has 3 rings (SSSR count). The predicted molar refractivity (Wildman–Crippen MR) is 98.2 cm³/mol. The first-order chi connectivity index (χ1) is 12.3. The molecule has 0 saturated carbocycles. The molecule has 0 bridgehead atoms. The van der Waals surface area contributed by atoms with Crippen molar-refractivity contribution >= 4 is 11.7 Å². The zero-order chi connectivity index (χ0) is 17.5. The van der Waals surface area contributed by atoms with Gasteiger partial charge in [0.1, 0.15) is 12.4 Å². The summed E-state index contributed by atoms with van der Waals surface area (Å²) in [7, 11) is 1.63. The summed E-state index contributed by atoms with van der Waals surface area (Å²) in [6.07, 6.45) is 0.990. The average molecular weight is 340 g/mol. The second-order valence-corrected chi connectivity index (χ2v) is 6.11. The Kier molecular flexibility index (Phi) is 5.90. The van der Waals surface area contributed by atoms with E-state index in [0.29, 0.717) is 30.6 Å². The molecule has 1 fully saturated rings. The van der Waals surface area contributed by atoms with E-state index in [9.17, 15) is 4.79 Å². The number of anilines is 1. The van der Waals surface area contributed by atoms with Gasteiger partial charge in [0.25, 0.3) is 0 Å². The Labute approximate surface area is 148 Å². The lowest BCUT2D eigenvalue weighted by molar-refractivity contribution is 0.146. The number of urea groups is 1. The second kappa shape index (κ2) is 8.53. The predicted octanol–water partition coefficient (Wildman–Crippen LogP) is 3.73. The van der Waals surface area contributed by atoms with Gasteiger partial charge >= 0.3 is 6.03 Å². The molecule has 0 spiro atoms. The van der Waals surface area contributed by atoms with Crippen LogP contribution in [0.5, 0.6) is 5.75 Å². The molecule has 1 aliphatic heterocycles. The fourth-order valence-corrected chi connectivity index (χ4v) is 3.07. The molecule has 2 aromatic carbocycles. The number of benzene rings is 2. The Morgan fingerprint density at radius 2 is 1.88 bits per heavy atom. The van der Waals surface area contributed by atoms with Gasteiger partial charge in [0.2, 0.25) is 0 Å². The number of nitrogens with one attached hydrogen (secondary N) is 1. The molecule has 1 aliphatic rings. The lowest BCUT2D eigenvalue weighted by Crippen LogP contribution is -2.33. The SMILES string of the molecule is COCCOc1ccccc1NC(=O)N1CCC(c2ccccc2)C1. The minimum atomic E-state index is -0.0822. The van der Waals surface area contributed by atoms with E-state index in [-0.39, 0.29) is 6.03 Å². The molecule has 132 valence electrons. The van der Waals surface area contributed by atoms with E-state index in [4.69, 9.17) is 9.47 Å². The van der Waals surface area contributed by atoms with Gasteiger partial charge in [0, 0.05) is 26.1 Å². The number of carbonyl (C=O) groups is 1. The summed E-state index contributed by atoms with van der Waals surface area (Å²) in [5.74, 6) is 1.06. The fraction of sp³-hybridized carbons (Fsp3) is 0.350. The largest absolute Gasteiger partial charge is 0.489 e. The molecule has 0 radical (unpaired) electrons. The Morgan fingerprint density at radius 3 is 2.68 bits per heavy atom. The lowest BCUT2D eigenvalue weighted by Gasteiger charge is -2.19. The van der Waals surface area contributed by atoms with E-state index in [1.807, 2.05) is 47.4 Å². The van der Waals surface area contributed by atoms with Crippen molar-refractivity contribution in [2.75, 3.05) is 38.7 Å². The molecule has 25 heavy (non-hydrogen) atoms. The normalized spacial score (nSPS) is 16.7. The van der Waals surface area contributed by atoms with Crippen LogP contribution in [0.3, 0.4) is 0 Å². The van der Waals surface area contributed by atoms with E-state index in [0.717, 1.165) is 19.5 Å². The summed E-state index contributed by atoms with van der Waals surface area (Å²) in [6, 6.07) is 17.8. The van der Waals surface area contributed by atoms with Crippen molar-refractivity contribution in [3.8, 4) is 5.75 Å². The topological polar surface area (TPSA) is 50.8 Å². The molecular formula is C20H24N2O3. The van der Waals surface area contributed by atoms with Crippen LogP contribution in [0, 0.1) is 0 Å². The number of hydrogen-bond acceptors (Lipinski definition) is 3. The number of para-hydroxylation sites is 2. The Balaban J connectivity index is 1.60. The van der Waals surface area contributed by atoms with Crippen LogP contribution in [0.4, 0.5) is 10.5 Å². The van der Waals surface area contributed by atoms with E-state index in [1.165, 1.54) is 5.56 Å². The molecule has 1 N–H and O–H groups in total. The summed E-state index contributed by atoms with van der Waals surface area (Å²) in [4.78, 5) is 14.5. The molecule has 0 aliphatic carbocycles. The number of methoxy groups -OCH3 is 1. The number of rotatable bonds is 6. The molecule has 5 nitrogen and oxygen atoms in total. The van der Waals surface area contributed by atoms with Gasteiger partial charge in [0.15, 0.2) is 0 Å². The van der Waals surface area contributed by atoms with E-state index in [2.05, 4.69) is 17.4 Å². The molecule has 2 aromatic rings. The van der Waals surface area contributed by atoms with Gasteiger partial charge < -0.3 is 19.7 Å². The van der Waals surface area contributed by atoms with Crippen molar-refractivity contribution in [2.24, 2.45) is 0 Å². The van der Waals surface area contributed by atoms with Crippen LogP contribution in [-0.4, -0.2) is 44.3 Å². The summed E-state index contributed by atoms with van der Waals surface area (Å²) in [5, 5.41) is 2.97. The molecule has 5 heteroatoms. The smallest absolute Gasteiger partial charge is 0.321 e. The molecular weight excluding hydrogens is 316 g/mol. The van der Waals surface area contributed by atoms with Gasteiger partial charge in [-0.1, -0.05) is 42.5 Å². The van der Waals surface area contributed by atoms with Gasteiger partial charge in [-0.2, -0.15) is 0 Å². The summed E-state index contributed by atoms with van der Waals surface area (Å²) in [6.45, 7) is 2.46. The van der Waals surface area contributed by atoms with Crippen molar-refractivity contribution in [1.29, 1.82) is 0 Å². The Bertz CT molecular complexity index is 690. The minimum Gasteiger partial charge on any atom is -0.489 e. The van der Waals surface area contributed by atoms with Gasteiger partial charge in [-0.3, -0.25) is 0 Å². The molecule has 1 saturated heterocycles. The van der Waals surface area contributed by atoms with Crippen LogP contribution >= 0.6 is 0 Å². The Morgan fingerprint density at radius 1 is 1.12 bits per heavy atom. The van der Waals surface area contributed by atoms with Gasteiger partial charge in [-0.05, 0) is 24.1 Å². The van der Waals surface area contributed by atoms with Gasteiger partial charge in [-0.25, -0.2) is 4.79 Å². The maximum Gasteiger partial charge on any atom is 0.321 e. The van der Waals surface area contributed by atoms with E-state index in [1.54, 1.807) is 7.11 Å². The molecule has 0 aromatic heterocycles. The number of hydrogen-bond donors (Lipinski definition) is 1.